The topological polar surface area (TPSA) is 116 Å². The maximum atomic E-state index is 11.3. The van der Waals surface area contributed by atoms with Crippen LogP contribution in [0.1, 0.15) is 118 Å². The Morgan fingerprint density at radius 1 is 0.730 bits per heavy atom. The molecule has 0 aromatic heterocycles. The average Bonchev–Trinajstić information content (AvgIpc) is 2.87. The Balaban J connectivity index is 0. The van der Waals surface area contributed by atoms with Crippen LogP contribution in [0.15, 0.2) is 30.3 Å². The molecule has 0 aliphatic rings. The third kappa shape index (κ3) is 32.3. The number of benzene rings is 1. The van der Waals surface area contributed by atoms with Crippen molar-refractivity contribution < 1.29 is 34.7 Å². The van der Waals surface area contributed by atoms with Crippen LogP contribution in [0.5, 0.6) is 5.75 Å². The molecular formula is C30H56O7. The van der Waals surface area contributed by atoms with Crippen LogP contribution in [0.4, 0.5) is 0 Å². The number of rotatable bonds is 19. The highest BCUT2D eigenvalue weighted by Crippen LogP contribution is 2.13. The maximum absolute atomic E-state index is 11.3. The van der Waals surface area contributed by atoms with E-state index in [2.05, 4.69) is 6.92 Å². The molecule has 0 saturated carbocycles. The second-order valence-corrected chi connectivity index (χ2v) is 9.58. The Hall–Kier alpha value is -1.67. The van der Waals surface area contributed by atoms with Crippen molar-refractivity contribution in [3.63, 3.8) is 0 Å². The van der Waals surface area contributed by atoms with Crippen LogP contribution in [-0.4, -0.2) is 58.1 Å². The highest BCUT2D eigenvalue weighted by atomic mass is 16.6. The smallest absolute Gasteiger partial charge is 0.306 e. The summed E-state index contributed by atoms with van der Waals surface area (Å²) in [7, 11) is 0. The van der Waals surface area contributed by atoms with E-state index in [1.807, 2.05) is 32.0 Å². The number of carbonyl (C=O) groups is 1. The van der Waals surface area contributed by atoms with Crippen molar-refractivity contribution in [2.45, 2.75) is 136 Å². The summed E-state index contributed by atoms with van der Waals surface area (Å²) in [6, 6.07) is 9.21. The predicted octanol–water partition coefficient (Wildman–Crippen LogP) is 6.15. The van der Waals surface area contributed by atoms with Gasteiger partial charge in [0.2, 0.25) is 0 Å². The summed E-state index contributed by atoms with van der Waals surface area (Å²) in [5, 5.41) is 32.8. The number of ether oxygens (including phenoxy) is 2. The van der Waals surface area contributed by atoms with Crippen molar-refractivity contribution in [3.05, 3.63) is 30.3 Å². The number of aliphatic hydroxyl groups is 4. The molecule has 1 aromatic carbocycles. The Labute approximate surface area is 226 Å². The molecule has 37 heavy (non-hydrogen) atoms. The Kier molecular flexibility index (Phi) is 29.3. The summed E-state index contributed by atoms with van der Waals surface area (Å²) in [4.78, 5) is 11.3. The monoisotopic (exact) mass is 528 g/mol. The molecule has 1 atom stereocenters. The van der Waals surface area contributed by atoms with Crippen molar-refractivity contribution >= 4 is 5.97 Å². The summed E-state index contributed by atoms with van der Waals surface area (Å²) in [5.74, 6) is 0.658. The molecule has 0 aliphatic carbocycles. The number of para-hydroxylation sites is 1. The standard InChI is InChI=1S/C19H38O2.C8H10O2.C3H8O3/c1-4-5-6-7-8-9-10-11-12-13-14-15-16-17-19(20)21-18(2)3;1-7(9)10-8-5-3-2-4-6-8;4-1-3(6)2-5/h18H,4-17H2,1-3H3;2-7,9H,1H3;3-6H,1-2H2. The zero-order valence-corrected chi connectivity index (χ0v) is 23.9. The number of carbonyl (C=O) groups excluding carboxylic acids is 1. The molecule has 0 bridgehead atoms. The number of unbranched alkanes of at least 4 members (excludes halogenated alkanes) is 12. The van der Waals surface area contributed by atoms with Crippen molar-refractivity contribution in [3.8, 4) is 5.75 Å². The first-order valence-corrected chi connectivity index (χ1v) is 14.3. The molecule has 0 heterocycles. The van der Waals surface area contributed by atoms with Crippen LogP contribution < -0.4 is 4.74 Å². The highest BCUT2D eigenvalue weighted by molar-refractivity contribution is 5.69. The van der Waals surface area contributed by atoms with Crippen LogP contribution in [-0.2, 0) is 9.53 Å². The molecule has 218 valence electrons. The van der Waals surface area contributed by atoms with Crippen LogP contribution in [0.25, 0.3) is 0 Å². The van der Waals surface area contributed by atoms with Gasteiger partial charge in [-0.15, -0.1) is 0 Å². The minimum Gasteiger partial charge on any atom is -0.465 e. The largest absolute Gasteiger partial charge is 0.465 e. The summed E-state index contributed by atoms with van der Waals surface area (Å²) < 4.78 is 10.1. The predicted molar refractivity (Wildman–Crippen MR) is 150 cm³/mol. The van der Waals surface area contributed by atoms with Gasteiger partial charge >= 0.3 is 5.97 Å². The van der Waals surface area contributed by atoms with Gasteiger partial charge < -0.3 is 29.9 Å². The molecule has 0 saturated heterocycles. The summed E-state index contributed by atoms with van der Waals surface area (Å²) in [5.41, 5.74) is 0. The van der Waals surface area contributed by atoms with Crippen molar-refractivity contribution in [2.24, 2.45) is 0 Å². The van der Waals surface area contributed by atoms with Crippen molar-refractivity contribution in [1.29, 1.82) is 0 Å². The van der Waals surface area contributed by atoms with Crippen LogP contribution in [0, 0.1) is 0 Å². The second-order valence-electron chi connectivity index (χ2n) is 9.58. The van der Waals surface area contributed by atoms with Crippen molar-refractivity contribution in [1.82, 2.24) is 0 Å². The van der Waals surface area contributed by atoms with E-state index in [4.69, 9.17) is 29.9 Å². The summed E-state index contributed by atoms with van der Waals surface area (Å²) in [6.45, 7) is 6.93. The van der Waals surface area contributed by atoms with E-state index in [0.717, 1.165) is 6.42 Å². The van der Waals surface area contributed by atoms with Gasteiger partial charge in [0.05, 0.1) is 19.3 Å². The lowest BCUT2D eigenvalue weighted by Gasteiger charge is -2.07. The molecule has 0 fully saturated rings. The molecule has 0 amide bonds. The third-order valence-corrected chi connectivity index (χ3v) is 5.32. The van der Waals surface area contributed by atoms with E-state index < -0.39 is 12.4 Å². The first-order chi connectivity index (χ1) is 17.8. The second kappa shape index (κ2) is 28.9. The lowest BCUT2D eigenvalue weighted by Crippen LogP contribution is -2.15. The van der Waals surface area contributed by atoms with E-state index in [1.165, 1.54) is 77.0 Å². The van der Waals surface area contributed by atoms with Gasteiger partial charge in [0.25, 0.3) is 0 Å². The number of esters is 1. The van der Waals surface area contributed by atoms with E-state index in [9.17, 15) is 4.79 Å². The van der Waals surface area contributed by atoms with Gasteiger partial charge in [-0.1, -0.05) is 102 Å². The number of hydrogen-bond donors (Lipinski definition) is 4. The Bertz CT molecular complexity index is 575. The van der Waals surface area contributed by atoms with E-state index in [-0.39, 0.29) is 25.3 Å². The van der Waals surface area contributed by atoms with E-state index in [1.54, 1.807) is 19.1 Å². The van der Waals surface area contributed by atoms with Gasteiger partial charge in [-0.2, -0.15) is 0 Å². The SMILES string of the molecule is CC(O)Oc1ccccc1.CCCCCCCCCCCCCCCC(=O)OC(C)C.OCC(O)CO. The first kappa shape index (κ1) is 37.5. The average molecular weight is 529 g/mol. The fourth-order valence-electron chi connectivity index (χ4n) is 3.36. The number of hydrogen-bond acceptors (Lipinski definition) is 7. The van der Waals surface area contributed by atoms with Gasteiger partial charge in [-0.25, -0.2) is 0 Å². The van der Waals surface area contributed by atoms with Gasteiger partial charge in [0.1, 0.15) is 11.9 Å². The Morgan fingerprint density at radius 3 is 1.51 bits per heavy atom. The molecule has 1 unspecified atom stereocenters. The van der Waals surface area contributed by atoms with Crippen LogP contribution in [0.2, 0.25) is 0 Å². The first-order valence-electron chi connectivity index (χ1n) is 14.3. The van der Waals surface area contributed by atoms with E-state index in [0.29, 0.717) is 12.2 Å². The quantitative estimate of drug-likeness (QED) is 0.0966. The molecule has 1 rings (SSSR count). The third-order valence-electron chi connectivity index (χ3n) is 5.32. The van der Waals surface area contributed by atoms with Gasteiger partial charge in [0.15, 0.2) is 6.29 Å². The molecule has 4 N–H and O–H groups in total. The fraction of sp³-hybridized carbons (Fsp3) is 0.767. The molecule has 1 aromatic rings. The van der Waals surface area contributed by atoms with E-state index >= 15 is 0 Å². The molecular weight excluding hydrogens is 472 g/mol. The van der Waals surface area contributed by atoms with Crippen LogP contribution in [0.3, 0.4) is 0 Å². The highest BCUT2D eigenvalue weighted by Gasteiger charge is 2.04. The Morgan fingerprint density at radius 2 is 1.16 bits per heavy atom. The normalized spacial score (nSPS) is 11.3. The lowest BCUT2D eigenvalue weighted by molar-refractivity contribution is -0.147. The summed E-state index contributed by atoms with van der Waals surface area (Å²) >= 11 is 0. The van der Waals surface area contributed by atoms with Gasteiger partial charge in [0, 0.05) is 6.42 Å². The molecule has 7 nitrogen and oxygen atoms in total. The minimum absolute atomic E-state index is 0.0273. The lowest BCUT2D eigenvalue weighted by atomic mass is 10.0. The minimum atomic E-state index is -0.954. The molecule has 0 spiro atoms. The van der Waals surface area contributed by atoms with Crippen molar-refractivity contribution in [2.75, 3.05) is 13.2 Å². The molecule has 7 heteroatoms. The molecule has 0 aliphatic heterocycles. The van der Waals surface area contributed by atoms with Gasteiger partial charge in [-0.3, -0.25) is 4.79 Å². The number of aliphatic hydroxyl groups excluding tert-OH is 4. The maximum Gasteiger partial charge on any atom is 0.306 e. The summed E-state index contributed by atoms with van der Waals surface area (Å²) in [6.07, 6.45) is 16.3. The zero-order chi connectivity index (χ0) is 28.2. The molecule has 0 radical (unpaired) electrons. The zero-order valence-electron chi connectivity index (χ0n) is 23.9. The fourth-order valence-corrected chi connectivity index (χ4v) is 3.36. The van der Waals surface area contributed by atoms with Crippen LogP contribution >= 0.6 is 0 Å². The van der Waals surface area contributed by atoms with Gasteiger partial charge in [-0.05, 0) is 39.3 Å².